The molecule has 3 heteroatoms. The van der Waals surface area contributed by atoms with E-state index in [4.69, 9.17) is 0 Å². The van der Waals surface area contributed by atoms with Crippen LogP contribution in [0, 0.1) is 17.8 Å². The van der Waals surface area contributed by atoms with Crippen LogP contribution in [-0.2, 0) is 0 Å². The second kappa shape index (κ2) is 21.9. The van der Waals surface area contributed by atoms with Crippen LogP contribution in [0.1, 0.15) is 144 Å². The Morgan fingerprint density at radius 3 is 1.54 bits per heavy atom. The molecule has 3 nitrogen and oxygen atoms in total. The van der Waals surface area contributed by atoms with Crippen molar-refractivity contribution in [3.63, 3.8) is 0 Å². The van der Waals surface area contributed by atoms with E-state index in [0.717, 1.165) is 41.9 Å². The number of rotatable bonds is 10. The fourth-order valence-electron chi connectivity index (χ4n) is 4.99. The van der Waals surface area contributed by atoms with E-state index in [-0.39, 0.29) is 22.3 Å². The highest BCUT2D eigenvalue weighted by Gasteiger charge is 2.30. The number of nitrogens with one attached hydrogen (secondary N) is 1. The number of hydrogen-bond acceptors (Lipinski definition) is 3. The average molecular weight is 502 g/mol. The van der Waals surface area contributed by atoms with Gasteiger partial charge in [-0.1, -0.05) is 84.6 Å². The molecule has 0 radical (unpaired) electrons. The van der Waals surface area contributed by atoms with Gasteiger partial charge in [0.15, 0.2) is 0 Å². The molecular weight excluding hydrogens is 426 g/mol. The second-order valence-corrected chi connectivity index (χ2v) is 12.3. The van der Waals surface area contributed by atoms with Crippen molar-refractivity contribution in [1.82, 2.24) is 15.1 Å². The van der Waals surface area contributed by atoms with Crippen molar-refractivity contribution in [2.24, 2.45) is 17.8 Å². The van der Waals surface area contributed by atoms with E-state index < -0.39 is 0 Å². The van der Waals surface area contributed by atoms with Crippen LogP contribution in [-0.4, -0.2) is 59.1 Å². The van der Waals surface area contributed by atoms with Gasteiger partial charge in [-0.25, -0.2) is 0 Å². The first-order chi connectivity index (χ1) is 14.8. The van der Waals surface area contributed by atoms with Gasteiger partial charge < -0.3 is 5.32 Å². The van der Waals surface area contributed by atoms with Crippen LogP contribution >= 0.6 is 0 Å². The number of hydrogen-bond donors (Lipinski definition) is 1. The van der Waals surface area contributed by atoms with Gasteiger partial charge in [0.2, 0.25) is 0 Å². The topological polar surface area (TPSA) is 18.5 Å². The summed E-state index contributed by atoms with van der Waals surface area (Å²) in [6.45, 7) is 32.3. The highest BCUT2D eigenvalue weighted by atomic mass is 15.2. The van der Waals surface area contributed by atoms with E-state index in [0.29, 0.717) is 12.1 Å². The smallest absolute Gasteiger partial charge is 0.0121 e. The molecule has 1 heterocycles. The quantitative estimate of drug-likeness (QED) is 0.321. The fraction of sp³-hybridized carbons (Fsp3) is 1.00. The third-order valence-corrected chi connectivity index (χ3v) is 6.82. The SMILES string of the molecule is C.C.C.CC(C)C1CCCN1C(C)C.CC(C)CN(C(C)C)C1CC1.CCC(NC(C)C)C(C)C. The van der Waals surface area contributed by atoms with Gasteiger partial charge >= 0.3 is 0 Å². The molecule has 1 saturated carbocycles. The van der Waals surface area contributed by atoms with Gasteiger partial charge in [-0.15, -0.1) is 0 Å². The highest BCUT2D eigenvalue weighted by Crippen LogP contribution is 2.29. The summed E-state index contributed by atoms with van der Waals surface area (Å²) in [5.41, 5.74) is 0. The summed E-state index contributed by atoms with van der Waals surface area (Å²) in [5, 5.41) is 3.53. The Morgan fingerprint density at radius 1 is 0.800 bits per heavy atom. The number of likely N-dealkylation sites (tertiary alicyclic amines) is 1. The molecule has 2 fully saturated rings. The van der Waals surface area contributed by atoms with Gasteiger partial charge in [0.25, 0.3) is 0 Å². The Balaban J connectivity index is -0.000000198. The van der Waals surface area contributed by atoms with Crippen LogP contribution in [0.4, 0.5) is 0 Å². The van der Waals surface area contributed by atoms with Crippen molar-refractivity contribution in [3.8, 4) is 0 Å². The Morgan fingerprint density at radius 2 is 1.31 bits per heavy atom. The lowest BCUT2D eigenvalue weighted by molar-refractivity contribution is 0.166. The predicted octanol–water partition coefficient (Wildman–Crippen LogP) is 9.36. The first-order valence-electron chi connectivity index (χ1n) is 14.1. The maximum atomic E-state index is 3.53. The molecule has 1 N–H and O–H groups in total. The van der Waals surface area contributed by atoms with Crippen LogP contribution < -0.4 is 5.32 Å². The molecule has 1 aliphatic carbocycles. The van der Waals surface area contributed by atoms with Gasteiger partial charge in [-0.3, -0.25) is 9.80 Å². The molecule has 2 rings (SSSR count). The minimum atomic E-state index is 0. The third kappa shape index (κ3) is 18.7. The molecule has 2 unspecified atom stereocenters. The van der Waals surface area contributed by atoms with E-state index >= 15 is 0 Å². The summed E-state index contributed by atoms with van der Waals surface area (Å²) >= 11 is 0. The van der Waals surface area contributed by atoms with Crippen LogP contribution in [0.25, 0.3) is 0 Å². The van der Waals surface area contributed by atoms with Crippen LogP contribution in [0.2, 0.25) is 0 Å². The summed E-state index contributed by atoms with van der Waals surface area (Å²) in [4.78, 5) is 5.29. The van der Waals surface area contributed by atoms with Crippen molar-refractivity contribution in [1.29, 1.82) is 0 Å². The molecule has 35 heavy (non-hydrogen) atoms. The molecule has 0 aromatic carbocycles. The first kappa shape index (κ1) is 42.0. The molecule has 0 spiro atoms. The van der Waals surface area contributed by atoms with Crippen molar-refractivity contribution in [2.75, 3.05) is 13.1 Å². The normalized spacial score (nSPS) is 18.7. The molecule has 218 valence electrons. The molecule has 2 aliphatic rings. The molecular formula is C32H75N3. The van der Waals surface area contributed by atoms with Crippen LogP contribution in [0.15, 0.2) is 0 Å². The van der Waals surface area contributed by atoms with Gasteiger partial charge in [0.1, 0.15) is 0 Å². The minimum Gasteiger partial charge on any atom is -0.312 e. The standard InChI is InChI=1S/2C10H21N.C9H21N.3CH4/c1-8(2)7-11(9(3)4)10-5-6-10;1-8(2)10-6-5-7-11(10)9(3)4;1-6-9(7(2)3)10-8(4)5;;;/h2*8-10H,5-7H2,1-4H3;7-10H,6H2,1-5H3;3*1H4. The lowest BCUT2D eigenvalue weighted by Gasteiger charge is -2.30. The lowest BCUT2D eigenvalue weighted by Crippen LogP contribution is -2.38. The molecule has 1 aliphatic heterocycles. The Labute approximate surface area is 226 Å². The molecule has 1 saturated heterocycles. The zero-order chi connectivity index (χ0) is 25.0. The van der Waals surface area contributed by atoms with Gasteiger partial charge in [0.05, 0.1) is 0 Å². The van der Waals surface area contributed by atoms with E-state index in [9.17, 15) is 0 Å². The Kier molecular flexibility index (Phi) is 26.3. The monoisotopic (exact) mass is 502 g/mol. The zero-order valence-electron chi connectivity index (χ0n) is 24.5. The summed E-state index contributed by atoms with van der Waals surface area (Å²) in [5.74, 6) is 2.41. The predicted molar refractivity (Wildman–Crippen MR) is 167 cm³/mol. The molecule has 0 amide bonds. The van der Waals surface area contributed by atoms with Crippen LogP contribution in [0.3, 0.4) is 0 Å². The number of nitrogens with zero attached hydrogens (tertiary/aromatic N) is 2. The van der Waals surface area contributed by atoms with E-state index in [1.165, 1.54) is 45.2 Å². The molecule has 0 bridgehead atoms. The first-order valence-corrected chi connectivity index (χ1v) is 14.1. The van der Waals surface area contributed by atoms with Gasteiger partial charge in [-0.05, 0) is 84.1 Å². The minimum absolute atomic E-state index is 0. The molecule has 2 atom stereocenters. The lowest BCUT2D eigenvalue weighted by atomic mass is 10.0. The summed E-state index contributed by atoms with van der Waals surface area (Å²) in [6, 6.07) is 4.58. The Bertz CT molecular complexity index is 414. The van der Waals surface area contributed by atoms with E-state index in [2.05, 4.69) is 105 Å². The second-order valence-electron chi connectivity index (χ2n) is 12.3. The summed E-state index contributed by atoms with van der Waals surface area (Å²) < 4.78 is 0. The van der Waals surface area contributed by atoms with E-state index in [1.54, 1.807) is 0 Å². The zero-order valence-corrected chi connectivity index (χ0v) is 24.5. The third-order valence-electron chi connectivity index (χ3n) is 6.82. The summed E-state index contributed by atoms with van der Waals surface area (Å²) in [6.07, 6.45) is 6.92. The fourth-order valence-corrected chi connectivity index (χ4v) is 4.99. The average Bonchev–Trinajstić information content (AvgIpc) is 3.38. The van der Waals surface area contributed by atoms with Gasteiger partial charge in [0, 0.05) is 42.8 Å². The van der Waals surface area contributed by atoms with Crippen molar-refractivity contribution >= 4 is 0 Å². The summed E-state index contributed by atoms with van der Waals surface area (Å²) in [7, 11) is 0. The van der Waals surface area contributed by atoms with Gasteiger partial charge in [-0.2, -0.15) is 0 Å². The molecule has 0 aromatic heterocycles. The molecule has 0 aromatic rings. The Hall–Kier alpha value is -0.120. The van der Waals surface area contributed by atoms with Crippen molar-refractivity contribution in [3.05, 3.63) is 0 Å². The maximum Gasteiger partial charge on any atom is 0.0121 e. The van der Waals surface area contributed by atoms with Crippen molar-refractivity contribution in [2.45, 2.75) is 181 Å². The van der Waals surface area contributed by atoms with E-state index in [1.807, 2.05) is 0 Å². The maximum absolute atomic E-state index is 3.53. The largest absolute Gasteiger partial charge is 0.312 e. The van der Waals surface area contributed by atoms with Crippen molar-refractivity contribution < 1.29 is 0 Å². The highest BCUT2D eigenvalue weighted by molar-refractivity contribution is 4.86. The van der Waals surface area contributed by atoms with Crippen LogP contribution in [0.5, 0.6) is 0 Å².